The first-order valence-corrected chi connectivity index (χ1v) is 9.41. The van der Waals surface area contributed by atoms with Gasteiger partial charge >= 0.3 is 0 Å². The van der Waals surface area contributed by atoms with Crippen LogP contribution in [0.4, 0.5) is 11.1 Å². The van der Waals surface area contributed by atoms with Crippen LogP contribution in [0.25, 0.3) is 22.0 Å². The molecule has 0 aliphatic heterocycles. The molecule has 0 aliphatic rings. The summed E-state index contributed by atoms with van der Waals surface area (Å²) in [4.78, 5) is 24.7. The summed E-state index contributed by atoms with van der Waals surface area (Å²) in [6.07, 6.45) is 3.61. The summed E-state index contributed by atoms with van der Waals surface area (Å²) in [7, 11) is 0. The molecule has 0 fully saturated rings. The highest BCUT2D eigenvalue weighted by Gasteiger charge is 2.09. The smallest absolute Gasteiger partial charge is 0.227 e. The first-order chi connectivity index (χ1) is 13.3. The zero-order valence-electron chi connectivity index (χ0n) is 14.4. The number of hydrogen-bond acceptors (Lipinski definition) is 6. The highest BCUT2D eigenvalue weighted by atomic mass is 32.1. The Labute approximate surface area is 160 Å². The monoisotopic (exact) mass is 375 g/mol. The molecule has 2 heterocycles. The Morgan fingerprint density at radius 1 is 1.00 bits per heavy atom. The van der Waals surface area contributed by atoms with Crippen molar-refractivity contribution in [2.75, 3.05) is 17.2 Å². The maximum atomic E-state index is 12.1. The Hall–Kier alpha value is -3.32. The van der Waals surface area contributed by atoms with Gasteiger partial charge in [-0.15, -0.1) is 11.3 Å². The average molecular weight is 375 g/mol. The van der Waals surface area contributed by atoms with Crippen molar-refractivity contribution in [2.45, 2.75) is 6.42 Å². The molecular weight excluding hydrogens is 358 g/mol. The summed E-state index contributed by atoms with van der Waals surface area (Å²) in [6, 6.07) is 16.2. The van der Waals surface area contributed by atoms with E-state index in [1.807, 2.05) is 23.6 Å². The van der Waals surface area contributed by atoms with Crippen molar-refractivity contribution in [1.29, 1.82) is 0 Å². The number of hydrogen-bond donors (Lipinski definition) is 2. The van der Waals surface area contributed by atoms with Crippen molar-refractivity contribution >= 4 is 39.1 Å². The lowest BCUT2D eigenvalue weighted by atomic mass is 10.1. The molecule has 0 bridgehead atoms. The number of anilines is 2. The summed E-state index contributed by atoms with van der Waals surface area (Å²) < 4.78 is 0. The molecule has 0 aliphatic carbocycles. The predicted molar refractivity (Wildman–Crippen MR) is 109 cm³/mol. The number of nitrogens with one attached hydrogen (secondary N) is 2. The van der Waals surface area contributed by atoms with E-state index in [2.05, 4.69) is 49.9 Å². The normalized spacial score (nSPS) is 10.7. The molecule has 1 amide bonds. The highest BCUT2D eigenvalue weighted by Crippen LogP contribution is 2.27. The van der Waals surface area contributed by atoms with Gasteiger partial charge in [0.2, 0.25) is 11.9 Å². The van der Waals surface area contributed by atoms with Crippen LogP contribution < -0.4 is 10.6 Å². The van der Waals surface area contributed by atoms with Crippen LogP contribution in [0, 0.1) is 0 Å². The Kier molecular flexibility index (Phi) is 5.02. The summed E-state index contributed by atoms with van der Waals surface area (Å²) in [5.74, 6) is 0.413. The lowest BCUT2D eigenvalue weighted by Gasteiger charge is -2.04. The molecule has 0 saturated heterocycles. The van der Waals surface area contributed by atoms with Gasteiger partial charge < -0.3 is 10.6 Å². The Bertz CT molecular complexity index is 1060. The first-order valence-electron chi connectivity index (χ1n) is 8.53. The molecule has 4 aromatic rings. The van der Waals surface area contributed by atoms with Gasteiger partial charge in [-0.05, 0) is 22.9 Å². The molecule has 134 valence electrons. The predicted octanol–water partition coefficient (Wildman–Crippen LogP) is 4.19. The van der Waals surface area contributed by atoms with E-state index in [-0.39, 0.29) is 5.91 Å². The molecule has 6 nitrogen and oxygen atoms in total. The third-order valence-corrected chi connectivity index (χ3v) is 4.75. The minimum Gasteiger partial charge on any atom is -0.354 e. The van der Waals surface area contributed by atoms with Gasteiger partial charge in [0, 0.05) is 36.3 Å². The third kappa shape index (κ3) is 4.27. The fraction of sp³-hybridized carbons (Fsp3) is 0.100. The second-order valence-corrected chi connectivity index (χ2v) is 6.76. The maximum absolute atomic E-state index is 12.1. The molecule has 27 heavy (non-hydrogen) atoms. The van der Waals surface area contributed by atoms with Crippen molar-refractivity contribution < 1.29 is 4.79 Å². The number of fused-ring (bicyclic) bond motifs is 1. The van der Waals surface area contributed by atoms with Crippen molar-refractivity contribution in [1.82, 2.24) is 15.0 Å². The minimum absolute atomic E-state index is 0.0992. The van der Waals surface area contributed by atoms with Gasteiger partial charge in [-0.2, -0.15) is 0 Å². The molecule has 0 spiro atoms. The van der Waals surface area contributed by atoms with Crippen LogP contribution in [0.3, 0.4) is 0 Å². The molecule has 2 aromatic carbocycles. The first kappa shape index (κ1) is 17.1. The second-order valence-electron chi connectivity index (χ2n) is 5.90. The fourth-order valence-corrected chi connectivity index (χ4v) is 3.41. The minimum atomic E-state index is -0.0992. The van der Waals surface area contributed by atoms with Gasteiger partial charge in [-0.25, -0.2) is 15.0 Å². The number of nitrogens with zero attached hydrogens (tertiary/aromatic N) is 3. The van der Waals surface area contributed by atoms with E-state index in [1.54, 1.807) is 18.5 Å². The highest BCUT2D eigenvalue weighted by molar-refractivity contribution is 7.14. The molecule has 2 aromatic heterocycles. The number of amides is 1. The quantitative estimate of drug-likeness (QED) is 0.528. The number of carbonyl (C=O) groups excluding carboxylic acids is 1. The van der Waals surface area contributed by atoms with Crippen molar-refractivity contribution in [3.63, 3.8) is 0 Å². The van der Waals surface area contributed by atoms with Crippen molar-refractivity contribution in [3.05, 3.63) is 66.3 Å². The number of carbonyl (C=O) groups is 1. The van der Waals surface area contributed by atoms with Crippen LogP contribution >= 0.6 is 11.3 Å². The van der Waals surface area contributed by atoms with E-state index in [0.29, 0.717) is 24.0 Å². The zero-order valence-corrected chi connectivity index (χ0v) is 15.2. The molecule has 0 radical (unpaired) electrons. The molecule has 0 unspecified atom stereocenters. The summed E-state index contributed by atoms with van der Waals surface area (Å²) >= 11 is 1.42. The maximum Gasteiger partial charge on any atom is 0.227 e. The number of rotatable bonds is 6. The molecule has 7 heteroatoms. The largest absolute Gasteiger partial charge is 0.354 e. The summed E-state index contributed by atoms with van der Waals surface area (Å²) in [5, 5.41) is 10.8. The fourth-order valence-electron chi connectivity index (χ4n) is 2.67. The van der Waals surface area contributed by atoms with Crippen LogP contribution in [-0.2, 0) is 4.79 Å². The van der Waals surface area contributed by atoms with E-state index in [9.17, 15) is 4.79 Å². The molecule has 4 rings (SSSR count). The van der Waals surface area contributed by atoms with Gasteiger partial charge in [0.05, 0.1) is 5.69 Å². The van der Waals surface area contributed by atoms with Crippen LogP contribution in [-0.4, -0.2) is 27.4 Å². The number of aromatic nitrogens is 3. The topological polar surface area (TPSA) is 79.8 Å². The van der Waals surface area contributed by atoms with E-state index >= 15 is 0 Å². The third-order valence-electron chi connectivity index (χ3n) is 4.00. The van der Waals surface area contributed by atoms with Crippen LogP contribution in [0.1, 0.15) is 6.42 Å². The van der Waals surface area contributed by atoms with Crippen LogP contribution in [0.15, 0.2) is 66.3 Å². The van der Waals surface area contributed by atoms with E-state index in [0.717, 1.165) is 11.3 Å². The molecule has 2 N–H and O–H groups in total. The van der Waals surface area contributed by atoms with Crippen LogP contribution in [0.2, 0.25) is 0 Å². The lowest BCUT2D eigenvalue weighted by molar-refractivity contribution is -0.115. The molecule has 0 atom stereocenters. The van der Waals surface area contributed by atoms with Gasteiger partial charge in [-0.3, -0.25) is 4.79 Å². The number of benzene rings is 2. The van der Waals surface area contributed by atoms with Crippen molar-refractivity contribution in [2.24, 2.45) is 0 Å². The van der Waals surface area contributed by atoms with Gasteiger partial charge in [-0.1, -0.05) is 36.4 Å². The SMILES string of the molecule is O=C(CCNc1ncccn1)Nc1nc(-c2ccc3ccccc3c2)cs1. The van der Waals surface area contributed by atoms with Crippen LogP contribution in [0.5, 0.6) is 0 Å². The Morgan fingerprint density at radius 2 is 1.81 bits per heavy atom. The summed E-state index contributed by atoms with van der Waals surface area (Å²) in [6.45, 7) is 0.457. The van der Waals surface area contributed by atoms with E-state index in [1.165, 1.54) is 22.1 Å². The lowest BCUT2D eigenvalue weighted by Crippen LogP contribution is -2.16. The standard InChI is InChI=1S/C20H17N5OS/c26-18(8-11-23-19-21-9-3-10-22-19)25-20-24-17(13-27-20)16-7-6-14-4-1-2-5-15(14)12-16/h1-7,9-10,12-13H,8,11H2,(H,21,22,23)(H,24,25,26). The number of thiazole rings is 1. The zero-order chi connectivity index (χ0) is 18.5. The Morgan fingerprint density at radius 3 is 2.67 bits per heavy atom. The van der Waals surface area contributed by atoms with E-state index < -0.39 is 0 Å². The van der Waals surface area contributed by atoms with Gasteiger partial charge in [0.25, 0.3) is 0 Å². The Balaban J connectivity index is 1.36. The van der Waals surface area contributed by atoms with Gasteiger partial charge in [0.15, 0.2) is 5.13 Å². The van der Waals surface area contributed by atoms with Crippen molar-refractivity contribution in [3.8, 4) is 11.3 Å². The van der Waals surface area contributed by atoms with Gasteiger partial charge in [0.1, 0.15) is 0 Å². The second kappa shape index (κ2) is 7.92. The average Bonchev–Trinajstić information content (AvgIpc) is 3.17. The molecular formula is C20H17N5OS. The summed E-state index contributed by atoms with van der Waals surface area (Å²) in [5.41, 5.74) is 1.89. The van der Waals surface area contributed by atoms with E-state index in [4.69, 9.17) is 0 Å². The molecule has 0 saturated carbocycles.